The normalized spacial score (nSPS) is 20.1. The average Bonchev–Trinajstić information content (AvgIpc) is 2.74. The highest BCUT2D eigenvalue weighted by atomic mass is 16.5. The third kappa shape index (κ3) is 6.80. The predicted octanol–water partition coefficient (Wildman–Crippen LogP) is 1.79. The topological polar surface area (TPSA) is 58.6 Å². The summed E-state index contributed by atoms with van der Waals surface area (Å²) in [6.45, 7) is 2.94. The Balaban J connectivity index is 1.76. The highest BCUT2D eigenvalue weighted by molar-refractivity contribution is 5.66. The van der Waals surface area contributed by atoms with Crippen LogP contribution in [0.3, 0.4) is 0 Å². The Morgan fingerprint density at radius 3 is 2.88 bits per heavy atom. The van der Waals surface area contributed by atoms with Crippen molar-refractivity contribution in [3.63, 3.8) is 0 Å². The molecule has 2 N–H and O–H groups in total. The second-order valence-corrected chi connectivity index (χ2v) is 4.38. The van der Waals surface area contributed by atoms with Crippen LogP contribution in [0.4, 0.5) is 0 Å². The van der Waals surface area contributed by atoms with Crippen LogP contribution in [0.15, 0.2) is 0 Å². The second-order valence-electron chi connectivity index (χ2n) is 4.38. The number of unbranched alkanes of at least 4 members (excludes halogenated alkanes) is 2. The number of carboxylic acids is 1. The fraction of sp³-hybridized carbons (Fsp3) is 0.917. The molecule has 0 radical (unpaired) electrons. The number of aliphatic carboxylic acids is 1. The van der Waals surface area contributed by atoms with Crippen molar-refractivity contribution in [2.75, 3.05) is 19.7 Å². The molecule has 1 aliphatic heterocycles. The minimum Gasteiger partial charge on any atom is -0.481 e. The van der Waals surface area contributed by atoms with Gasteiger partial charge in [0, 0.05) is 13.0 Å². The lowest BCUT2D eigenvalue weighted by Crippen LogP contribution is -2.21. The highest BCUT2D eigenvalue weighted by Gasteiger charge is 2.13. The van der Waals surface area contributed by atoms with Gasteiger partial charge in [0.25, 0.3) is 0 Å². The summed E-state index contributed by atoms with van der Waals surface area (Å²) in [5.41, 5.74) is 0. The number of ether oxygens (including phenoxy) is 1. The van der Waals surface area contributed by atoms with E-state index in [1.807, 2.05) is 0 Å². The van der Waals surface area contributed by atoms with Crippen LogP contribution in [0, 0.1) is 0 Å². The molecular weight excluding hydrogens is 206 g/mol. The van der Waals surface area contributed by atoms with Gasteiger partial charge >= 0.3 is 5.97 Å². The molecule has 0 aromatic heterocycles. The molecule has 0 aromatic rings. The molecular formula is C12H23NO3. The fourth-order valence-corrected chi connectivity index (χ4v) is 1.96. The van der Waals surface area contributed by atoms with Crippen LogP contribution in [-0.2, 0) is 9.53 Å². The molecule has 0 amide bonds. The van der Waals surface area contributed by atoms with E-state index in [0.29, 0.717) is 12.5 Å². The van der Waals surface area contributed by atoms with Crippen molar-refractivity contribution < 1.29 is 14.6 Å². The van der Waals surface area contributed by atoms with Gasteiger partial charge in [-0.3, -0.25) is 4.79 Å². The van der Waals surface area contributed by atoms with Gasteiger partial charge in [-0.05, 0) is 45.2 Å². The number of nitrogens with one attached hydrogen (secondary N) is 1. The Kier molecular flexibility index (Phi) is 7.17. The first-order chi connectivity index (χ1) is 7.79. The van der Waals surface area contributed by atoms with E-state index in [2.05, 4.69) is 5.32 Å². The first kappa shape index (κ1) is 13.5. The molecule has 0 aromatic carbocycles. The highest BCUT2D eigenvalue weighted by Crippen LogP contribution is 2.14. The summed E-state index contributed by atoms with van der Waals surface area (Å²) in [5, 5.41) is 11.8. The summed E-state index contributed by atoms with van der Waals surface area (Å²) in [6, 6.07) is 0. The van der Waals surface area contributed by atoms with Gasteiger partial charge in [-0.1, -0.05) is 6.42 Å². The number of carboxylic acid groups (broad SMARTS) is 1. The van der Waals surface area contributed by atoms with Crippen LogP contribution >= 0.6 is 0 Å². The van der Waals surface area contributed by atoms with Crippen molar-refractivity contribution in [3.8, 4) is 0 Å². The van der Waals surface area contributed by atoms with E-state index in [4.69, 9.17) is 9.84 Å². The molecule has 94 valence electrons. The van der Waals surface area contributed by atoms with Crippen LogP contribution in [-0.4, -0.2) is 36.9 Å². The van der Waals surface area contributed by atoms with E-state index in [0.717, 1.165) is 45.4 Å². The number of carbonyl (C=O) groups is 1. The predicted molar refractivity (Wildman–Crippen MR) is 62.6 cm³/mol. The average molecular weight is 229 g/mol. The van der Waals surface area contributed by atoms with E-state index in [9.17, 15) is 4.79 Å². The van der Waals surface area contributed by atoms with Crippen molar-refractivity contribution in [2.24, 2.45) is 0 Å². The molecule has 1 rings (SSSR count). The standard InChI is InChI=1S/C12H23NO3/c14-12(15)6-2-1-3-8-13-9-7-11-5-4-10-16-11/h11,13H,1-10H2,(H,14,15). The lowest BCUT2D eigenvalue weighted by Gasteiger charge is -2.09. The molecule has 1 fully saturated rings. The largest absolute Gasteiger partial charge is 0.481 e. The van der Waals surface area contributed by atoms with Gasteiger partial charge in [-0.15, -0.1) is 0 Å². The van der Waals surface area contributed by atoms with Gasteiger partial charge in [-0.2, -0.15) is 0 Å². The van der Waals surface area contributed by atoms with Gasteiger partial charge in [0.2, 0.25) is 0 Å². The van der Waals surface area contributed by atoms with Gasteiger partial charge in [-0.25, -0.2) is 0 Å². The monoisotopic (exact) mass is 229 g/mol. The third-order valence-electron chi connectivity index (χ3n) is 2.91. The summed E-state index contributed by atoms with van der Waals surface area (Å²) in [7, 11) is 0. The summed E-state index contributed by atoms with van der Waals surface area (Å²) in [6.07, 6.45) is 7.16. The summed E-state index contributed by atoms with van der Waals surface area (Å²) < 4.78 is 5.52. The quantitative estimate of drug-likeness (QED) is 0.592. The smallest absolute Gasteiger partial charge is 0.303 e. The van der Waals surface area contributed by atoms with Gasteiger partial charge in [0.05, 0.1) is 6.10 Å². The maximum Gasteiger partial charge on any atom is 0.303 e. The molecule has 1 unspecified atom stereocenters. The zero-order valence-electron chi connectivity index (χ0n) is 9.91. The van der Waals surface area contributed by atoms with Crippen molar-refractivity contribution >= 4 is 5.97 Å². The molecule has 4 heteroatoms. The van der Waals surface area contributed by atoms with E-state index >= 15 is 0 Å². The summed E-state index contributed by atoms with van der Waals surface area (Å²) in [4.78, 5) is 10.3. The van der Waals surface area contributed by atoms with E-state index in [-0.39, 0.29) is 0 Å². The van der Waals surface area contributed by atoms with Crippen LogP contribution in [0.1, 0.15) is 44.9 Å². The molecule has 1 saturated heterocycles. The summed E-state index contributed by atoms with van der Waals surface area (Å²) in [5.74, 6) is -0.689. The lowest BCUT2D eigenvalue weighted by molar-refractivity contribution is -0.137. The molecule has 0 saturated carbocycles. The fourth-order valence-electron chi connectivity index (χ4n) is 1.96. The second kappa shape index (κ2) is 8.53. The molecule has 1 atom stereocenters. The third-order valence-corrected chi connectivity index (χ3v) is 2.91. The van der Waals surface area contributed by atoms with E-state index in [1.165, 1.54) is 12.8 Å². The molecule has 1 aliphatic rings. The van der Waals surface area contributed by atoms with Crippen LogP contribution < -0.4 is 5.32 Å². The number of hydrogen-bond acceptors (Lipinski definition) is 3. The molecule has 0 spiro atoms. The van der Waals surface area contributed by atoms with Crippen LogP contribution in [0.5, 0.6) is 0 Å². The molecule has 1 heterocycles. The Morgan fingerprint density at radius 1 is 1.31 bits per heavy atom. The molecule has 4 nitrogen and oxygen atoms in total. The Bertz CT molecular complexity index is 191. The van der Waals surface area contributed by atoms with Crippen molar-refractivity contribution in [3.05, 3.63) is 0 Å². The van der Waals surface area contributed by atoms with E-state index in [1.54, 1.807) is 0 Å². The lowest BCUT2D eigenvalue weighted by atomic mass is 10.1. The molecule has 0 bridgehead atoms. The zero-order chi connectivity index (χ0) is 11.6. The Labute approximate surface area is 97.4 Å². The molecule has 0 aliphatic carbocycles. The van der Waals surface area contributed by atoms with Crippen LogP contribution in [0.25, 0.3) is 0 Å². The first-order valence-corrected chi connectivity index (χ1v) is 6.33. The van der Waals surface area contributed by atoms with Crippen LogP contribution in [0.2, 0.25) is 0 Å². The SMILES string of the molecule is O=C(O)CCCCCNCCC1CCCO1. The first-order valence-electron chi connectivity index (χ1n) is 6.33. The van der Waals surface area contributed by atoms with Gasteiger partial charge in [0.1, 0.15) is 0 Å². The Morgan fingerprint density at radius 2 is 2.19 bits per heavy atom. The maximum atomic E-state index is 10.3. The minimum absolute atomic E-state index is 0.302. The summed E-state index contributed by atoms with van der Waals surface area (Å²) >= 11 is 0. The number of rotatable bonds is 9. The molecule has 16 heavy (non-hydrogen) atoms. The maximum absolute atomic E-state index is 10.3. The number of hydrogen-bond donors (Lipinski definition) is 2. The Hall–Kier alpha value is -0.610. The van der Waals surface area contributed by atoms with Gasteiger partial charge in [0.15, 0.2) is 0 Å². The van der Waals surface area contributed by atoms with Gasteiger partial charge < -0.3 is 15.2 Å². The minimum atomic E-state index is -0.689. The van der Waals surface area contributed by atoms with Crippen molar-refractivity contribution in [2.45, 2.75) is 51.0 Å². The van der Waals surface area contributed by atoms with E-state index < -0.39 is 5.97 Å². The van der Waals surface area contributed by atoms with Crippen molar-refractivity contribution in [1.29, 1.82) is 0 Å². The zero-order valence-corrected chi connectivity index (χ0v) is 9.91. The van der Waals surface area contributed by atoms with Crippen molar-refractivity contribution in [1.82, 2.24) is 5.32 Å².